The summed E-state index contributed by atoms with van der Waals surface area (Å²) in [7, 11) is 0. The lowest BCUT2D eigenvalue weighted by Crippen LogP contribution is -2.26. The first kappa shape index (κ1) is 40.4. The summed E-state index contributed by atoms with van der Waals surface area (Å²) >= 11 is 6.01. The summed E-state index contributed by atoms with van der Waals surface area (Å²) in [6.07, 6.45) is 11.1. The number of unbranched alkanes of at least 4 members (excludes halogenated alkanes) is 5. The van der Waals surface area contributed by atoms with Crippen molar-refractivity contribution in [1.29, 1.82) is 5.26 Å². The molecule has 13 heteroatoms. The van der Waals surface area contributed by atoms with Gasteiger partial charge in [-0.05, 0) is 58.7 Å². The van der Waals surface area contributed by atoms with Gasteiger partial charge in [-0.2, -0.15) is 15.0 Å². The molecule has 2 aromatic heterocycles. The Morgan fingerprint density at radius 2 is 1.72 bits per heavy atom. The number of aromatic nitrogens is 4. The Morgan fingerprint density at radius 1 is 1.00 bits per heavy atom. The number of azo groups is 1. The number of hydrogen-bond acceptors (Lipinski definition) is 11. The predicted octanol–water partition coefficient (Wildman–Crippen LogP) is 9.59. The van der Waals surface area contributed by atoms with Crippen LogP contribution >= 0.6 is 11.6 Å². The number of nitrogens with zero attached hydrogens (tertiary/aromatic N) is 8. The van der Waals surface area contributed by atoms with Gasteiger partial charge in [-0.15, -0.1) is 10.2 Å². The van der Waals surface area contributed by atoms with Crippen molar-refractivity contribution in [2.75, 3.05) is 36.6 Å². The molecule has 0 aliphatic heterocycles. The molecule has 0 unspecified atom stereocenters. The molecule has 0 spiro atoms. The number of carbonyl (C=O) groups excluding carboxylic acids is 1. The molecule has 1 N–H and O–H groups in total. The summed E-state index contributed by atoms with van der Waals surface area (Å²) in [4.78, 5) is 22.9. The van der Waals surface area contributed by atoms with Gasteiger partial charge >= 0.3 is 5.97 Å². The van der Waals surface area contributed by atoms with Crippen LogP contribution in [0.1, 0.15) is 118 Å². The topological polar surface area (TPSA) is 143 Å². The monoisotopic (exact) mass is 707 g/mol. The van der Waals surface area contributed by atoms with Crippen molar-refractivity contribution in [3.8, 4) is 11.9 Å². The van der Waals surface area contributed by atoms with Crippen LogP contribution in [-0.4, -0.2) is 57.7 Å². The maximum absolute atomic E-state index is 12.1. The standard InChI is InChI=1S/C37H54ClN9O3/c1-9-11-12-13-14-15-20-46(21-16-17-33(48)49-10-2)27-18-19-29(30(22-27)42-26-50-37(6,7)8)43-44-35-28(23-39)34(36(3,4)5)45-47(35)32-25-40-31(38)24-41-32/h18-19,22,24-25,42H,9-17,20-21,26H2,1-8H3. The van der Waals surface area contributed by atoms with E-state index in [1.54, 1.807) is 0 Å². The Kier molecular flexibility index (Phi) is 15.6. The molecule has 0 atom stereocenters. The Morgan fingerprint density at radius 3 is 2.36 bits per heavy atom. The van der Waals surface area contributed by atoms with Gasteiger partial charge < -0.3 is 19.7 Å². The fourth-order valence-electron chi connectivity index (χ4n) is 5.19. The average molecular weight is 708 g/mol. The molecule has 3 aromatic rings. The van der Waals surface area contributed by atoms with E-state index in [0.717, 1.165) is 25.1 Å². The molecule has 0 amide bonds. The van der Waals surface area contributed by atoms with Gasteiger partial charge in [0, 0.05) is 30.6 Å². The van der Waals surface area contributed by atoms with Gasteiger partial charge in [0.05, 0.1) is 36.0 Å². The highest BCUT2D eigenvalue weighted by molar-refractivity contribution is 6.29. The van der Waals surface area contributed by atoms with Gasteiger partial charge in [0.15, 0.2) is 11.6 Å². The van der Waals surface area contributed by atoms with E-state index in [2.05, 4.69) is 43.4 Å². The molecule has 0 radical (unpaired) electrons. The lowest BCUT2D eigenvalue weighted by molar-refractivity contribution is -0.143. The van der Waals surface area contributed by atoms with Crippen LogP contribution in [0.25, 0.3) is 5.82 Å². The van der Waals surface area contributed by atoms with Crippen LogP contribution in [0.4, 0.5) is 22.9 Å². The minimum absolute atomic E-state index is 0.181. The highest BCUT2D eigenvalue weighted by Gasteiger charge is 2.28. The molecule has 0 aliphatic rings. The summed E-state index contributed by atoms with van der Waals surface area (Å²) in [6, 6.07) is 8.23. The van der Waals surface area contributed by atoms with Crippen molar-refractivity contribution in [2.24, 2.45) is 10.2 Å². The van der Waals surface area contributed by atoms with E-state index in [-0.39, 0.29) is 29.3 Å². The van der Waals surface area contributed by atoms with Gasteiger partial charge in [0.2, 0.25) is 0 Å². The maximum Gasteiger partial charge on any atom is 0.305 e. The average Bonchev–Trinajstić information content (AvgIpc) is 3.44. The van der Waals surface area contributed by atoms with Gasteiger partial charge in [0.1, 0.15) is 29.2 Å². The molecule has 0 saturated heterocycles. The van der Waals surface area contributed by atoms with Crippen molar-refractivity contribution in [2.45, 2.75) is 118 Å². The Balaban J connectivity index is 2.02. The van der Waals surface area contributed by atoms with Crippen LogP contribution in [0.3, 0.4) is 0 Å². The molecule has 0 aliphatic carbocycles. The molecule has 50 heavy (non-hydrogen) atoms. The van der Waals surface area contributed by atoms with Crippen molar-refractivity contribution in [3.63, 3.8) is 0 Å². The van der Waals surface area contributed by atoms with Crippen LogP contribution in [0, 0.1) is 11.3 Å². The summed E-state index contributed by atoms with van der Waals surface area (Å²) in [6.45, 7) is 18.2. The maximum atomic E-state index is 12.1. The molecule has 0 fully saturated rings. The van der Waals surface area contributed by atoms with Crippen LogP contribution in [0.15, 0.2) is 40.8 Å². The smallest absolute Gasteiger partial charge is 0.305 e. The van der Waals surface area contributed by atoms with Crippen molar-refractivity contribution in [1.82, 2.24) is 19.7 Å². The SMILES string of the molecule is CCCCCCCCN(CCCC(=O)OCC)c1ccc(N=Nc2c(C#N)c(C(C)(C)C)nn2-c2cnc(Cl)cn2)c(NCOC(C)(C)C)c1. The first-order valence-electron chi connectivity index (χ1n) is 17.6. The fraction of sp³-hybridized carbons (Fsp3) is 0.595. The number of hydrogen-bond donors (Lipinski definition) is 1. The fourth-order valence-corrected chi connectivity index (χ4v) is 5.28. The molecule has 3 rings (SSSR count). The Bertz CT molecular complexity index is 1590. The molecule has 0 saturated carbocycles. The first-order valence-corrected chi connectivity index (χ1v) is 18.0. The number of nitriles is 1. The zero-order chi connectivity index (χ0) is 36.7. The van der Waals surface area contributed by atoms with Gasteiger partial charge in [0.25, 0.3) is 0 Å². The molecule has 0 bridgehead atoms. The summed E-state index contributed by atoms with van der Waals surface area (Å²) in [5.41, 5.74) is 2.30. The third-order valence-corrected chi connectivity index (χ3v) is 7.96. The van der Waals surface area contributed by atoms with Crippen LogP contribution < -0.4 is 10.2 Å². The van der Waals surface area contributed by atoms with Crippen LogP contribution in [0.5, 0.6) is 0 Å². The molecule has 12 nitrogen and oxygen atoms in total. The number of benzene rings is 1. The van der Waals surface area contributed by atoms with E-state index in [1.165, 1.54) is 42.8 Å². The molecular formula is C37H54ClN9O3. The Labute approximate surface area is 302 Å². The second-order valence-corrected chi connectivity index (χ2v) is 14.5. The van der Waals surface area contributed by atoms with E-state index in [4.69, 9.17) is 26.2 Å². The quantitative estimate of drug-likeness (QED) is 0.0557. The molecule has 272 valence electrons. The van der Waals surface area contributed by atoms with Crippen molar-refractivity contribution >= 4 is 40.5 Å². The highest BCUT2D eigenvalue weighted by atomic mass is 35.5. The van der Waals surface area contributed by atoms with E-state index in [9.17, 15) is 10.1 Å². The van der Waals surface area contributed by atoms with E-state index < -0.39 is 5.41 Å². The summed E-state index contributed by atoms with van der Waals surface area (Å²) in [5.74, 6) is 0.411. The molecular weight excluding hydrogens is 654 g/mol. The first-order chi connectivity index (χ1) is 23.8. The van der Waals surface area contributed by atoms with Crippen molar-refractivity contribution in [3.05, 3.63) is 47.0 Å². The Hall–Kier alpha value is -4.08. The number of nitrogens with one attached hydrogen (secondary N) is 1. The summed E-state index contributed by atoms with van der Waals surface area (Å²) in [5, 5.41) is 27.9. The lowest BCUT2D eigenvalue weighted by atomic mass is 9.90. The highest BCUT2D eigenvalue weighted by Crippen LogP contribution is 2.36. The predicted molar refractivity (Wildman–Crippen MR) is 199 cm³/mol. The van der Waals surface area contributed by atoms with E-state index in [1.807, 2.05) is 66.7 Å². The van der Waals surface area contributed by atoms with Crippen LogP contribution in [-0.2, 0) is 19.7 Å². The number of esters is 1. The number of carbonyl (C=O) groups is 1. The third kappa shape index (κ3) is 12.7. The van der Waals surface area contributed by atoms with Gasteiger partial charge in [-0.25, -0.2) is 9.97 Å². The van der Waals surface area contributed by atoms with Gasteiger partial charge in [-0.1, -0.05) is 71.4 Å². The van der Waals surface area contributed by atoms with E-state index >= 15 is 0 Å². The number of anilines is 2. The normalized spacial score (nSPS) is 11.9. The minimum Gasteiger partial charge on any atom is -0.466 e. The lowest BCUT2D eigenvalue weighted by Gasteiger charge is -2.26. The zero-order valence-electron chi connectivity index (χ0n) is 31.1. The summed E-state index contributed by atoms with van der Waals surface area (Å²) < 4.78 is 12.7. The number of ether oxygens (including phenoxy) is 2. The zero-order valence-corrected chi connectivity index (χ0v) is 31.8. The largest absolute Gasteiger partial charge is 0.466 e. The third-order valence-electron chi connectivity index (χ3n) is 7.77. The number of halogens is 1. The molecule has 2 heterocycles. The minimum atomic E-state index is -0.453. The molecule has 1 aromatic carbocycles. The second-order valence-electron chi connectivity index (χ2n) is 14.2. The second kappa shape index (κ2) is 19.3. The number of rotatable bonds is 19. The van der Waals surface area contributed by atoms with E-state index in [0.29, 0.717) is 54.4 Å². The van der Waals surface area contributed by atoms with Gasteiger partial charge in [-0.3, -0.25) is 4.79 Å². The van der Waals surface area contributed by atoms with Crippen LogP contribution in [0.2, 0.25) is 5.15 Å². The van der Waals surface area contributed by atoms with Crippen molar-refractivity contribution < 1.29 is 14.3 Å².